The van der Waals surface area contributed by atoms with Gasteiger partial charge in [0.25, 0.3) is 11.8 Å². The van der Waals surface area contributed by atoms with Crippen molar-refractivity contribution in [1.29, 1.82) is 0 Å². The van der Waals surface area contributed by atoms with E-state index in [-0.39, 0.29) is 10.6 Å². The van der Waals surface area contributed by atoms with Gasteiger partial charge in [-0.25, -0.2) is 0 Å². The summed E-state index contributed by atoms with van der Waals surface area (Å²) in [6.45, 7) is 0.797. The van der Waals surface area contributed by atoms with Crippen molar-refractivity contribution < 1.29 is 27.5 Å². The van der Waals surface area contributed by atoms with Gasteiger partial charge in [0, 0.05) is 11.4 Å². The number of thiophene rings is 1. The van der Waals surface area contributed by atoms with Gasteiger partial charge >= 0.3 is 6.18 Å². The summed E-state index contributed by atoms with van der Waals surface area (Å²) in [7, 11) is 1.55. The van der Waals surface area contributed by atoms with Crippen LogP contribution < -0.4 is 21.1 Å². The van der Waals surface area contributed by atoms with E-state index in [0.717, 1.165) is 28.3 Å². The quantitative estimate of drug-likeness (QED) is 0.404. The molecule has 7 nitrogen and oxygen atoms in total. The zero-order valence-corrected chi connectivity index (χ0v) is 20.6. The number of primary amides is 1. The van der Waals surface area contributed by atoms with E-state index in [9.17, 15) is 22.8 Å². The molecule has 0 saturated heterocycles. The van der Waals surface area contributed by atoms with Crippen molar-refractivity contribution in [2.75, 3.05) is 24.3 Å². The van der Waals surface area contributed by atoms with E-state index in [1.807, 2.05) is 23.1 Å². The van der Waals surface area contributed by atoms with Crippen molar-refractivity contribution in [3.63, 3.8) is 0 Å². The summed E-state index contributed by atoms with van der Waals surface area (Å²) in [6, 6.07) is 11.7. The Kier molecular flexibility index (Phi) is 7.18. The van der Waals surface area contributed by atoms with Crippen LogP contribution in [-0.4, -0.2) is 35.5 Å². The Bertz CT molecular complexity index is 1340. The number of alkyl halides is 3. The van der Waals surface area contributed by atoms with Gasteiger partial charge in [-0.2, -0.15) is 13.2 Å². The Morgan fingerprint density at radius 1 is 1.11 bits per heavy atom. The summed E-state index contributed by atoms with van der Waals surface area (Å²) < 4.78 is 45.5. The van der Waals surface area contributed by atoms with E-state index in [4.69, 9.17) is 22.7 Å². The lowest BCUT2D eigenvalue weighted by Crippen LogP contribution is -2.38. The molecule has 3 aromatic rings. The monoisotopic (exact) mass is 534 g/mol. The van der Waals surface area contributed by atoms with Crippen LogP contribution in [0.2, 0.25) is 0 Å². The highest BCUT2D eigenvalue weighted by molar-refractivity contribution is 7.80. The molecule has 4 N–H and O–H groups in total. The van der Waals surface area contributed by atoms with E-state index < -0.39 is 29.1 Å². The van der Waals surface area contributed by atoms with Crippen LogP contribution in [-0.2, 0) is 19.1 Å². The number of benzene rings is 2. The summed E-state index contributed by atoms with van der Waals surface area (Å²) >= 11 is 6.66. The first kappa shape index (κ1) is 25.5. The van der Waals surface area contributed by atoms with Crippen LogP contribution in [0.1, 0.15) is 36.7 Å². The molecule has 2 heterocycles. The second kappa shape index (κ2) is 10.2. The number of halogens is 3. The van der Waals surface area contributed by atoms with Gasteiger partial charge in [-0.15, -0.1) is 11.3 Å². The van der Waals surface area contributed by atoms with Gasteiger partial charge in [0.2, 0.25) is 0 Å². The molecule has 0 bridgehead atoms. The highest BCUT2D eigenvalue weighted by Gasteiger charge is 2.35. The number of nitrogens with two attached hydrogens (primary N) is 1. The summed E-state index contributed by atoms with van der Waals surface area (Å²) in [4.78, 5) is 27.7. The molecular formula is C24H21F3N4O3S2. The number of nitrogens with zero attached hydrogens (tertiary/aromatic N) is 1. The van der Waals surface area contributed by atoms with E-state index in [0.29, 0.717) is 41.6 Å². The Balaban J connectivity index is 1.58. The van der Waals surface area contributed by atoms with E-state index in [1.165, 1.54) is 12.1 Å². The number of hydrogen-bond acceptors (Lipinski definition) is 5. The predicted octanol–water partition coefficient (Wildman–Crippen LogP) is 4.88. The Hall–Kier alpha value is -3.64. The first-order valence-corrected chi connectivity index (χ1v) is 11.9. The number of hydrogen-bond donors (Lipinski definition) is 3. The number of para-hydroxylation sites is 2. The van der Waals surface area contributed by atoms with Gasteiger partial charge in [-0.1, -0.05) is 24.3 Å². The van der Waals surface area contributed by atoms with Gasteiger partial charge in [0.15, 0.2) is 5.11 Å². The maximum Gasteiger partial charge on any atom is 0.417 e. The summed E-state index contributed by atoms with van der Waals surface area (Å²) in [5.41, 5.74) is 5.44. The molecule has 0 aliphatic carbocycles. The molecule has 1 aliphatic heterocycles. The molecule has 2 aromatic carbocycles. The third-order valence-electron chi connectivity index (χ3n) is 5.64. The third-order valence-corrected chi connectivity index (χ3v) is 7.14. The van der Waals surface area contributed by atoms with Crippen LogP contribution in [0.15, 0.2) is 48.5 Å². The number of carbonyl (C=O) groups excluding carboxylic acids is 2. The van der Waals surface area contributed by atoms with Crippen molar-refractivity contribution in [2.24, 2.45) is 5.73 Å². The molecule has 0 radical (unpaired) electrons. The fraction of sp³-hybridized carbons (Fsp3) is 0.208. The first-order valence-electron chi connectivity index (χ1n) is 10.7. The lowest BCUT2D eigenvalue weighted by molar-refractivity contribution is -0.137. The van der Waals surface area contributed by atoms with Crippen molar-refractivity contribution in [3.05, 3.63) is 75.7 Å². The SMILES string of the molecule is COc1ccccc1NC(=S)N1CCc2c(sc(NC(=O)c3ccccc3C(F)(F)F)c2C(N)=O)C1. The average molecular weight is 535 g/mol. The normalized spacial score (nSPS) is 13.1. The van der Waals surface area contributed by atoms with E-state index in [1.54, 1.807) is 13.2 Å². The third kappa shape index (κ3) is 5.14. The van der Waals surface area contributed by atoms with Crippen molar-refractivity contribution in [3.8, 4) is 5.75 Å². The zero-order chi connectivity index (χ0) is 26.0. The van der Waals surface area contributed by atoms with Crippen LogP contribution in [0.25, 0.3) is 0 Å². The van der Waals surface area contributed by atoms with Crippen LogP contribution in [0.5, 0.6) is 5.75 Å². The number of anilines is 2. The topological polar surface area (TPSA) is 96.7 Å². The molecule has 0 saturated carbocycles. The molecule has 12 heteroatoms. The molecule has 1 aliphatic rings. The highest BCUT2D eigenvalue weighted by Crippen LogP contribution is 2.38. The average Bonchev–Trinajstić information content (AvgIpc) is 3.21. The van der Waals surface area contributed by atoms with Crippen LogP contribution in [0, 0.1) is 0 Å². The second-order valence-electron chi connectivity index (χ2n) is 7.87. The number of nitrogens with one attached hydrogen (secondary N) is 2. The maximum atomic E-state index is 13.4. The Morgan fingerprint density at radius 2 is 1.81 bits per heavy atom. The van der Waals surface area contributed by atoms with Crippen molar-refractivity contribution >= 4 is 51.2 Å². The molecule has 4 rings (SSSR count). The lowest BCUT2D eigenvalue weighted by atomic mass is 10.0. The summed E-state index contributed by atoms with van der Waals surface area (Å²) in [6.07, 6.45) is -4.30. The number of thiocarbonyl (C=S) groups is 1. The minimum absolute atomic E-state index is 0.107. The number of fused-ring (bicyclic) bond motifs is 1. The molecular weight excluding hydrogens is 513 g/mol. The van der Waals surface area contributed by atoms with Gasteiger partial charge in [-0.3, -0.25) is 9.59 Å². The number of rotatable bonds is 5. The molecule has 0 unspecified atom stereocenters. The van der Waals surface area contributed by atoms with Gasteiger partial charge in [0.05, 0.1) is 36.0 Å². The number of methoxy groups -OCH3 is 1. The van der Waals surface area contributed by atoms with E-state index >= 15 is 0 Å². The van der Waals surface area contributed by atoms with Crippen LogP contribution in [0.4, 0.5) is 23.9 Å². The number of ether oxygens (including phenoxy) is 1. The highest BCUT2D eigenvalue weighted by atomic mass is 32.1. The van der Waals surface area contributed by atoms with Gasteiger partial charge in [0.1, 0.15) is 10.8 Å². The molecule has 1 aromatic heterocycles. The smallest absolute Gasteiger partial charge is 0.417 e. The van der Waals surface area contributed by atoms with Crippen molar-refractivity contribution in [2.45, 2.75) is 19.1 Å². The predicted molar refractivity (Wildman–Crippen MR) is 136 cm³/mol. The van der Waals surface area contributed by atoms with Gasteiger partial charge in [-0.05, 0) is 48.5 Å². The Morgan fingerprint density at radius 3 is 2.50 bits per heavy atom. The van der Waals surface area contributed by atoms with Crippen LogP contribution >= 0.6 is 23.6 Å². The minimum Gasteiger partial charge on any atom is -0.495 e. The van der Waals surface area contributed by atoms with Crippen molar-refractivity contribution in [1.82, 2.24) is 4.90 Å². The molecule has 188 valence electrons. The molecule has 0 fully saturated rings. The molecule has 0 atom stereocenters. The fourth-order valence-corrected chi connectivity index (χ4v) is 5.50. The molecule has 2 amide bonds. The molecule has 0 spiro atoms. The zero-order valence-electron chi connectivity index (χ0n) is 18.9. The molecule has 36 heavy (non-hydrogen) atoms. The standard InChI is InChI=1S/C24H21F3N4O3S2/c1-34-17-9-5-4-8-16(17)29-23(35)31-11-10-14-18(12-31)36-22(19(14)20(28)32)30-21(33)13-6-2-3-7-15(13)24(25,26)27/h2-9H,10-12H2,1H3,(H2,28,32)(H,29,35)(H,30,33). The summed E-state index contributed by atoms with van der Waals surface area (Å²) in [5.74, 6) is -1.13. The largest absolute Gasteiger partial charge is 0.495 e. The van der Waals surface area contributed by atoms with Crippen LogP contribution in [0.3, 0.4) is 0 Å². The maximum absolute atomic E-state index is 13.4. The first-order chi connectivity index (χ1) is 17.1. The van der Waals surface area contributed by atoms with Gasteiger partial charge < -0.3 is 26.0 Å². The van der Waals surface area contributed by atoms with E-state index in [2.05, 4.69) is 10.6 Å². The summed E-state index contributed by atoms with van der Waals surface area (Å²) in [5, 5.41) is 6.17. The minimum atomic E-state index is -4.71. The lowest BCUT2D eigenvalue weighted by Gasteiger charge is -2.30. The Labute approximate surface area is 214 Å². The second-order valence-corrected chi connectivity index (χ2v) is 9.36. The fourth-order valence-electron chi connectivity index (χ4n) is 3.97. The number of amides is 2. The number of carbonyl (C=O) groups is 2.